The Morgan fingerprint density at radius 1 is 1.00 bits per heavy atom. The third-order valence-corrected chi connectivity index (χ3v) is 6.63. The van der Waals surface area contributed by atoms with Gasteiger partial charge in [-0.25, -0.2) is 13.4 Å². The van der Waals surface area contributed by atoms with E-state index in [0.29, 0.717) is 25.5 Å². The molecule has 0 aliphatic carbocycles. The monoisotopic (exact) mass is 438 g/mol. The number of pyridine rings is 1. The zero-order valence-corrected chi connectivity index (χ0v) is 18.4. The van der Waals surface area contributed by atoms with Crippen molar-refractivity contribution in [1.29, 1.82) is 0 Å². The molecule has 0 fully saturated rings. The molecular formula is C23H26N4O3S. The lowest BCUT2D eigenvalue weighted by atomic mass is 10.2. The maximum absolute atomic E-state index is 12.5. The summed E-state index contributed by atoms with van der Waals surface area (Å²) in [6, 6.07) is 20.7. The Hall–Kier alpha value is -3.23. The molecule has 162 valence electrons. The Kier molecular flexibility index (Phi) is 7.75. The van der Waals surface area contributed by atoms with Crippen molar-refractivity contribution in [2.24, 2.45) is 5.10 Å². The second-order valence-electron chi connectivity index (χ2n) is 6.68. The number of hydrogen-bond donors (Lipinski definition) is 1. The van der Waals surface area contributed by atoms with E-state index in [1.165, 1.54) is 16.6 Å². The zero-order valence-electron chi connectivity index (χ0n) is 17.6. The zero-order chi connectivity index (χ0) is 22.1. The van der Waals surface area contributed by atoms with E-state index in [4.69, 9.17) is 4.74 Å². The topological polar surface area (TPSA) is 83.9 Å². The molecule has 8 heteroatoms. The molecule has 0 bridgehead atoms. The number of hydrogen-bond acceptors (Lipinski definition) is 6. The highest BCUT2D eigenvalue weighted by Crippen LogP contribution is 2.16. The lowest BCUT2D eigenvalue weighted by Crippen LogP contribution is -2.30. The van der Waals surface area contributed by atoms with E-state index >= 15 is 0 Å². The number of hydrazone groups is 1. The molecule has 0 aliphatic rings. The van der Waals surface area contributed by atoms with Crippen molar-refractivity contribution in [2.75, 3.05) is 18.5 Å². The summed E-state index contributed by atoms with van der Waals surface area (Å²) in [4.78, 5) is 4.31. The van der Waals surface area contributed by atoms with Crippen molar-refractivity contribution in [3.8, 4) is 5.75 Å². The molecule has 3 rings (SSSR count). The van der Waals surface area contributed by atoms with Crippen molar-refractivity contribution >= 4 is 22.1 Å². The predicted molar refractivity (Wildman–Crippen MR) is 123 cm³/mol. The number of nitrogens with one attached hydrogen (secondary N) is 1. The molecule has 0 radical (unpaired) electrons. The largest absolute Gasteiger partial charge is 0.489 e. The minimum Gasteiger partial charge on any atom is -0.489 e. The van der Waals surface area contributed by atoms with Gasteiger partial charge in [0.2, 0.25) is 10.0 Å². The van der Waals surface area contributed by atoms with Crippen molar-refractivity contribution < 1.29 is 13.2 Å². The molecule has 0 spiro atoms. The quantitative estimate of drug-likeness (QED) is 0.380. The van der Waals surface area contributed by atoms with Crippen LogP contribution >= 0.6 is 0 Å². The SMILES string of the molecule is CCN(CC)S(=O)(=O)c1ccc(N/N=C/c2ccc(OCc3ccccc3)cc2)nc1. The van der Waals surface area contributed by atoms with Crippen LogP contribution in [0, 0.1) is 0 Å². The average Bonchev–Trinajstić information content (AvgIpc) is 2.80. The molecule has 0 saturated carbocycles. The third kappa shape index (κ3) is 6.13. The minimum atomic E-state index is -3.52. The first-order valence-corrected chi connectivity index (χ1v) is 11.5. The summed E-state index contributed by atoms with van der Waals surface area (Å²) in [6.07, 6.45) is 2.99. The van der Waals surface area contributed by atoms with Crippen molar-refractivity contribution in [2.45, 2.75) is 25.3 Å². The standard InChI is InChI=1S/C23H26N4O3S/c1-3-27(4-2)31(28,29)22-14-15-23(24-17-22)26-25-16-19-10-12-21(13-11-19)30-18-20-8-6-5-7-9-20/h5-17H,3-4,18H2,1-2H3,(H,24,26)/b25-16+. The molecule has 3 aromatic rings. The van der Waals surface area contributed by atoms with Crippen LogP contribution in [0.15, 0.2) is 82.9 Å². The molecule has 0 atom stereocenters. The molecule has 0 aliphatic heterocycles. The van der Waals surface area contributed by atoms with Crippen LogP contribution in [0.25, 0.3) is 0 Å². The maximum atomic E-state index is 12.5. The fourth-order valence-corrected chi connectivity index (χ4v) is 4.28. The number of anilines is 1. The lowest BCUT2D eigenvalue weighted by molar-refractivity contribution is 0.306. The van der Waals surface area contributed by atoms with E-state index in [-0.39, 0.29) is 4.90 Å². The minimum absolute atomic E-state index is 0.164. The van der Waals surface area contributed by atoms with Gasteiger partial charge in [0.1, 0.15) is 23.1 Å². The second-order valence-corrected chi connectivity index (χ2v) is 8.62. The fourth-order valence-electron chi connectivity index (χ4n) is 2.88. The lowest BCUT2D eigenvalue weighted by Gasteiger charge is -2.18. The van der Waals surface area contributed by atoms with E-state index < -0.39 is 10.0 Å². The predicted octanol–water partition coefficient (Wildman–Crippen LogP) is 4.14. The molecule has 1 N–H and O–H groups in total. The Labute approximate surface area is 183 Å². The van der Waals surface area contributed by atoms with Gasteiger partial charge in [0.15, 0.2) is 0 Å². The molecule has 0 unspecified atom stereocenters. The summed E-state index contributed by atoms with van der Waals surface area (Å²) in [7, 11) is -3.52. The number of sulfonamides is 1. The summed E-state index contributed by atoms with van der Waals surface area (Å²) in [5.41, 5.74) is 4.81. The third-order valence-electron chi connectivity index (χ3n) is 4.60. The summed E-state index contributed by atoms with van der Waals surface area (Å²) in [5.74, 6) is 1.23. The van der Waals surface area contributed by atoms with E-state index in [0.717, 1.165) is 16.9 Å². The van der Waals surface area contributed by atoms with Gasteiger partial charge in [-0.15, -0.1) is 0 Å². The van der Waals surface area contributed by atoms with Gasteiger partial charge in [0.05, 0.1) is 6.21 Å². The van der Waals surface area contributed by atoms with E-state index in [2.05, 4.69) is 15.5 Å². The normalized spacial score (nSPS) is 11.7. The van der Waals surface area contributed by atoms with Crippen LogP contribution in [0.4, 0.5) is 5.82 Å². The van der Waals surface area contributed by atoms with Crippen LogP contribution < -0.4 is 10.2 Å². The van der Waals surface area contributed by atoms with Crippen molar-refractivity contribution in [3.05, 3.63) is 84.1 Å². The Balaban J connectivity index is 1.54. The molecule has 0 saturated heterocycles. The maximum Gasteiger partial charge on any atom is 0.244 e. The molecule has 0 amide bonds. The van der Waals surface area contributed by atoms with E-state index in [9.17, 15) is 8.42 Å². The fraction of sp³-hybridized carbons (Fsp3) is 0.217. The van der Waals surface area contributed by atoms with Gasteiger partial charge >= 0.3 is 0 Å². The van der Waals surface area contributed by atoms with Gasteiger partial charge in [-0.3, -0.25) is 5.43 Å². The average molecular weight is 439 g/mol. The van der Waals surface area contributed by atoms with Crippen LogP contribution in [0.3, 0.4) is 0 Å². The van der Waals surface area contributed by atoms with Crippen LogP contribution in [-0.4, -0.2) is 37.0 Å². The van der Waals surface area contributed by atoms with Gasteiger partial charge in [-0.05, 0) is 47.5 Å². The molecule has 7 nitrogen and oxygen atoms in total. The Morgan fingerprint density at radius 2 is 1.71 bits per heavy atom. The smallest absolute Gasteiger partial charge is 0.244 e. The summed E-state index contributed by atoms with van der Waals surface area (Å²) in [6.45, 7) is 4.96. The molecule has 2 aromatic carbocycles. The molecule has 31 heavy (non-hydrogen) atoms. The highest BCUT2D eigenvalue weighted by atomic mass is 32.2. The highest BCUT2D eigenvalue weighted by molar-refractivity contribution is 7.89. The van der Waals surface area contributed by atoms with Gasteiger partial charge in [0, 0.05) is 19.3 Å². The Morgan fingerprint density at radius 3 is 2.32 bits per heavy atom. The number of rotatable bonds is 10. The second kappa shape index (κ2) is 10.7. The molecule has 1 aromatic heterocycles. The van der Waals surface area contributed by atoms with Gasteiger partial charge in [0.25, 0.3) is 0 Å². The molecular weight excluding hydrogens is 412 g/mol. The van der Waals surface area contributed by atoms with Crippen LogP contribution in [0.2, 0.25) is 0 Å². The first-order valence-electron chi connectivity index (χ1n) is 10.0. The first kappa shape index (κ1) is 22.5. The summed E-state index contributed by atoms with van der Waals surface area (Å²) in [5, 5.41) is 4.16. The highest BCUT2D eigenvalue weighted by Gasteiger charge is 2.21. The summed E-state index contributed by atoms with van der Waals surface area (Å²) < 4.78 is 32.1. The van der Waals surface area contributed by atoms with Crippen molar-refractivity contribution in [3.63, 3.8) is 0 Å². The van der Waals surface area contributed by atoms with E-state index in [1.54, 1.807) is 26.1 Å². The van der Waals surface area contributed by atoms with Crippen LogP contribution in [0.5, 0.6) is 5.75 Å². The number of ether oxygens (including phenoxy) is 1. The van der Waals surface area contributed by atoms with Gasteiger partial charge < -0.3 is 4.74 Å². The Bertz CT molecular complexity index is 1080. The number of benzene rings is 2. The van der Waals surface area contributed by atoms with Gasteiger partial charge in [-0.1, -0.05) is 44.2 Å². The first-order chi connectivity index (χ1) is 15.0. The summed E-state index contributed by atoms with van der Waals surface area (Å²) >= 11 is 0. The molecule has 1 heterocycles. The van der Waals surface area contributed by atoms with Crippen molar-refractivity contribution in [1.82, 2.24) is 9.29 Å². The van der Waals surface area contributed by atoms with Crippen LogP contribution in [-0.2, 0) is 16.6 Å². The van der Waals surface area contributed by atoms with Crippen LogP contribution in [0.1, 0.15) is 25.0 Å². The van der Waals surface area contributed by atoms with Gasteiger partial charge in [-0.2, -0.15) is 9.41 Å². The number of aromatic nitrogens is 1. The number of nitrogens with zero attached hydrogens (tertiary/aromatic N) is 3. The van der Waals surface area contributed by atoms with E-state index in [1.807, 2.05) is 54.6 Å².